The molecule has 0 aromatic heterocycles. The highest BCUT2D eigenvalue weighted by Crippen LogP contribution is 2.11. The minimum Gasteiger partial charge on any atom is -0.478 e. The Morgan fingerprint density at radius 1 is 1.42 bits per heavy atom. The summed E-state index contributed by atoms with van der Waals surface area (Å²) in [6, 6.07) is 6.74. The number of carbonyl (C=O) groups excluding carboxylic acids is 1. The number of rotatable bonds is 5. The average Bonchev–Trinajstić information content (AvgIpc) is 2.93. The summed E-state index contributed by atoms with van der Waals surface area (Å²) >= 11 is 0. The van der Waals surface area contributed by atoms with Crippen LogP contribution in [0, 0.1) is 0 Å². The SMILES string of the molecule is O=C(O)c1cccc(CCNC(=O)[C@@H]2CCCO2)c1. The van der Waals surface area contributed by atoms with Gasteiger partial charge in [-0.15, -0.1) is 0 Å². The number of carboxylic acids is 1. The first kappa shape index (κ1) is 13.5. The van der Waals surface area contributed by atoms with Crippen LogP contribution in [0.1, 0.15) is 28.8 Å². The molecule has 5 nitrogen and oxygen atoms in total. The quantitative estimate of drug-likeness (QED) is 0.837. The molecule has 1 aliphatic heterocycles. The number of hydrogen-bond donors (Lipinski definition) is 2. The number of carbonyl (C=O) groups is 2. The Hall–Kier alpha value is -1.88. The standard InChI is InChI=1S/C14H17NO4/c16-13(12-5-2-8-19-12)15-7-6-10-3-1-4-11(9-10)14(17)18/h1,3-4,9,12H,2,5-8H2,(H,15,16)(H,17,18)/t12-/m0/s1. The van der Waals surface area contributed by atoms with Crippen molar-refractivity contribution >= 4 is 11.9 Å². The van der Waals surface area contributed by atoms with Gasteiger partial charge in [-0.05, 0) is 37.0 Å². The Bertz CT molecular complexity index is 466. The number of ether oxygens (including phenoxy) is 1. The van der Waals surface area contributed by atoms with E-state index in [0.717, 1.165) is 18.4 Å². The predicted molar refractivity (Wildman–Crippen MR) is 69.1 cm³/mol. The second-order valence-electron chi connectivity index (χ2n) is 4.55. The van der Waals surface area contributed by atoms with Crippen LogP contribution in [0.3, 0.4) is 0 Å². The monoisotopic (exact) mass is 263 g/mol. The van der Waals surface area contributed by atoms with Crippen LogP contribution >= 0.6 is 0 Å². The van der Waals surface area contributed by atoms with Crippen molar-refractivity contribution in [1.82, 2.24) is 5.32 Å². The Kier molecular flexibility index (Phi) is 4.52. The molecule has 19 heavy (non-hydrogen) atoms. The molecule has 1 saturated heterocycles. The summed E-state index contributed by atoms with van der Waals surface area (Å²) in [6.45, 7) is 1.14. The molecule has 1 fully saturated rings. The van der Waals surface area contributed by atoms with E-state index >= 15 is 0 Å². The van der Waals surface area contributed by atoms with E-state index in [1.54, 1.807) is 18.2 Å². The van der Waals surface area contributed by atoms with Gasteiger partial charge in [-0.3, -0.25) is 4.79 Å². The Balaban J connectivity index is 1.80. The molecule has 1 amide bonds. The molecule has 102 valence electrons. The van der Waals surface area contributed by atoms with E-state index in [0.29, 0.717) is 19.6 Å². The Labute approximate surface area is 111 Å². The fourth-order valence-electron chi connectivity index (χ4n) is 2.09. The Morgan fingerprint density at radius 2 is 2.26 bits per heavy atom. The van der Waals surface area contributed by atoms with Crippen molar-refractivity contribution in [2.45, 2.75) is 25.4 Å². The fourth-order valence-corrected chi connectivity index (χ4v) is 2.09. The van der Waals surface area contributed by atoms with Gasteiger partial charge >= 0.3 is 5.97 Å². The summed E-state index contributed by atoms with van der Waals surface area (Å²) in [5, 5.41) is 11.7. The lowest BCUT2D eigenvalue weighted by Crippen LogP contribution is -2.35. The first-order valence-corrected chi connectivity index (χ1v) is 6.38. The van der Waals surface area contributed by atoms with Gasteiger partial charge in [-0.2, -0.15) is 0 Å². The number of hydrogen-bond acceptors (Lipinski definition) is 3. The van der Waals surface area contributed by atoms with Crippen molar-refractivity contribution < 1.29 is 19.4 Å². The molecule has 0 aliphatic carbocycles. The van der Waals surface area contributed by atoms with E-state index in [-0.39, 0.29) is 17.6 Å². The van der Waals surface area contributed by atoms with Gasteiger partial charge in [0, 0.05) is 13.2 Å². The average molecular weight is 263 g/mol. The van der Waals surface area contributed by atoms with E-state index in [1.807, 2.05) is 6.07 Å². The van der Waals surface area contributed by atoms with Gasteiger partial charge in [0.25, 0.3) is 0 Å². The molecule has 5 heteroatoms. The third-order valence-corrected chi connectivity index (χ3v) is 3.11. The first-order valence-electron chi connectivity index (χ1n) is 6.38. The second kappa shape index (κ2) is 6.33. The molecule has 0 bridgehead atoms. The van der Waals surface area contributed by atoms with Crippen LogP contribution in [0.4, 0.5) is 0 Å². The summed E-state index contributed by atoms with van der Waals surface area (Å²) < 4.78 is 5.28. The topological polar surface area (TPSA) is 75.6 Å². The van der Waals surface area contributed by atoms with E-state index < -0.39 is 5.97 Å². The lowest BCUT2D eigenvalue weighted by Gasteiger charge is -2.10. The van der Waals surface area contributed by atoms with Gasteiger partial charge in [0.1, 0.15) is 6.10 Å². The zero-order valence-corrected chi connectivity index (χ0v) is 10.6. The summed E-state index contributed by atoms with van der Waals surface area (Å²) in [7, 11) is 0. The zero-order valence-electron chi connectivity index (χ0n) is 10.6. The number of aromatic carboxylic acids is 1. The van der Waals surface area contributed by atoms with Gasteiger partial charge in [-0.25, -0.2) is 4.79 Å². The second-order valence-corrected chi connectivity index (χ2v) is 4.55. The summed E-state index contributed by atoms with van der Waals surface area (Å²) in [5.41, 5.74) is 1.16. The molecule has 2 rings (SSSR count). The molecule has 1 aromatic rings. The van der Waals surface area contributed by atoms with Crippen molar-refractivity contribution in [3.8, 4) is 0 Å². The number of amides is 1. The fraction of sp³-hybridized carbons (Fsp3) is 0.429. The molecule has 0 radical (unpaired) electrons. The highest BCUT2D eigenvalue weighted by Gasteiger charge is 2.22. The van der Waals surface area contributed by atoms with Crippen molar-refractivity contribution in [2.24, 2.45) is 0 Å². The lowest BCUT2D eigenvalue weighted by atomic mass is 10.1. The van der Waals surface area contributed by atoms with Gasteiger partial charge in [-0.1, -0.05) is 12.1 Å². The van der Waals surface area contributed by atoms with Gasteiger partial charge in [0.05, 0.1) is 5.56 Å². The predicted octanol–water partition coefficient (Wildman–Crippen LogP) is 1.22. The van der Waals surface area contributed by atoms with Crippen molar-refractivity contribution in [2.75, 3.05) is 13.2 Å². The number of nitrogens with one attached hydrogen (secondary N) is 1. The molecule has 0 unspecified atom stereocenters. The van der Waals surface area contributed by atoms with Crippen LogP contribution < -0.4 is 5.32 Å². The highest BCUT2D eigenvalue weighted by atomic mass is 16.5. The minimum atomic E-state index is -0.940. The molecule has 0 saturated carbocycles. The van der Waals surface area contributed by atoms with Crippen LogP contribution in [0.2, 0.25) is 0 Å². The molecule has 1 aromatic carbocycles. The van der Waals surface area contributed by atoms with Crippen molar-refractivity contribution in [1.29, 1.82) is 0 Å². The maximum Gasteiger partial charge on any atom is 0.335 e. The van der Waals surface area contributed by atoms with Gasteiger partial charge in [0.15, 0.2) is 0 Å². The normalized spacial score (nSPS) is 18.2. The zero-order chi connectivity index (χ0) is 13.7. The van der Waals surface area contributed by atoms with Gasteiger partial charge < -0.3 is 15.2 Å². The molecule has 1 aliphatic rings. The molecule has 1 heterocycles. The molecule has 1 atom stereocenters. The first-order chi connectivity index (χ1) is 9.16. The van der Waals surface area contributed by atoms with Crippen LogP contribution in [0.25, 0.3) is 0 Å². The maximum absolute atomic E-state index is 11.7. The van der Waals surface area contributed by atoms with Crippen LogP contribution in [0.15, 0.2) is 24.3 Å². The van der Waals surface area contributed by atoms with E-state index in [1.165, 1.54) is 0 Å². The summed E-state index contributed by atoms with van der Waals surface area (Å²) in [6.07, 6.45) is 2.00. The summed E-state index contributed by atoms with van der Waals surface area (Å²) in [4.78, 5) is 22.5. The highest BCUT2D eigenvalue weighted by molar-refractivity contribution is 5.87. The maximum atomic E-state index is 11.7. The van der Waals surface area contributed by atoms with Crippen molar-refractivity contribution in [3.63, 3.8) is 0 Å². The van der Waals surface area contributed by atoms with E-state index in [9.17, 15) is 9.59 Å². The number of carboxylic acid groups (broad SMARTS) is 1. The third kappa shape index (κ3) is 3.79. The van der Waals surface area contributed by atoms with Crippen molar-refractivity contribution in [3.05, 3.63) is 35.4 Å². The van der Waals surface area contributed by atoms with E-state index in [2.05, 4.69) is 5.32 Å². The third-order valence-electron chi connectivity index (χ3n) is 3.11. The minimum absolute atomic E-state index is 0.0770. The number of benzene rings is 1. The van der Waals surface area contributed by atoms with Crippen LogP contribution in [-0.4, -0.2) is 36.2 Å². The van der Waals surface area contributed by atoms with E-state index in [4.69, 9.17) is 9.84 Å². The van der Waals surface area contributed by atoms with Crippen LogP contribution in [-0.2, 0) is 16.0 Å². The largest absolute Gasteiger partial charge is 0.478 e. The molecular weight excluding hydrogens is 246 g/mol. The Morgan fingerprint density at radius 3 is 2.95 bits per heavy atom. The van der Waals surface area contributed by atoms with Gasteiger partial charge in [0.2, 0.25) is 5.91 Å². The summed E-state index contributed by atoms with van der Waals surface area (Å²) in [5.74, 6) is -1.02. The molecular formula is C14H17NO4. The smallest absolute Gasteiger partial charge is 0.335 e. The molecule has 0 spiro atoms. The molecule has 2 N–H and O–H groups in total. The lowest BCUT2D eigenvalue weighted by molar-refractivity contribution is -0.129. The van der Waals surface area contributed by atoms with Crippen LogP contribution in [0.5, 0.6) is 0 Å².